The van der Waals surface area contributed by atoms with E-state index in [1.807, 2.05) is 0 Å². The lowest BCUT2D eigenvalue weighted by atomic mass is 10.1. The molecule has 0 unspecified atom stereocenters. The van der Waals surface area contributed by atoms with Gasteiger partial charge in [0.25, 0.3) is 5.91 Å². The van der Waals surface area contributed by atoms with E-state index in [0.717, 1.165) is 5.57 Å². The van der Waals surface area contributed by atoms with Crippen LogP contribution in [-0.4, -0.2) is 30.3 Å². The Balaban J connectivity index is 3.25. The highest BCUT2D eigenvalue weighted by Crippen LogP contribution is 2.18. The van der Waals surface area contributed by atoms with Crippen molar-refractivity contribution in [1.29, 1.82) is 0 Å². The molecule has 4 heteroatoms. The Labute approximate surface area is 95.3 Å². The minimum Gasteiger partial charge on any atom is -0.343 e. The van der Waals surface area contributed by atoms with E-state index in [1.54, 1.807) is 33.0 Å². The number of carbonyl (C=O) groups is 2. The van der Waals surface area contributed by atoms with Crippen LogP contribution in [0.1, 0.15) is 13.8 Å². The van der Waals surface area contributed by atoms with Crippen LogP contribution in [0.4, 0.5) is 0 Å². The molecule has 0 aromatic carbocycles. The Morgan fingerprint density at radius 3 is 2.62 bits per heavy atom. The van der Waals surface area contributed by atoms with Crippen LogP contribution in [-0.2, 0) is 9.59 Å². The Morgan fingerprint density at radius 1 is 1.50 bits per heavy atom. The van der Waals surface area contributed by atoms with Crippen molar-refractivity contribution in [3.8, 4) is 0 Å². The summed E-state index contributed by atoms with van der Waals surface area (Å²) in [7, 11) is 1.66. The van der Waals surface area contributed by atoms with Gasteiger partial charge in [-0.1, -0.05) is 18.2 Å². The quantitative estimate of drug-likeness (QED) is 0.670. The summed E-state index contributed by atoms with van der Waals surface area (Å²) in [5.74, 6) is -0.375. The number of carbonyl (C=O) groups excluding carboxylic acids is 2. The maximum atomic E-state index is 11.8. The van der Waals surface area contributed by atoms with E-state index in [1.165, 1.54) is 4.90 Å². The van der Waals surface area contributed by atoms with Gasteiger partial charge in [-0.15, -0.1) is 0 Å². The van der Waals surface area contributed by atoms with Crippen LogP contribution in [0, 0.1) is 0 Å². The fourth-order valence-electron chi connectivity index (χ4n) is 1.54. The predicted molar refractivity (Wildman–Crippen MR) is 62.4 cm³/mol. The highest BCUT2D eigenvalue weighted by atomic mass is 16.2. The molecular formula is C12H16N2O2. The summed E-state index contributed by atoms with van der Waals surface area (Å²) < 4.78 is 0. The topological polar surface area (TPSA) is 49.4 Å². The van der Waals surface area contributed by atoms with E-state index in [2.05, 4.69) is 11.9 Å². The number of allylic oxidation sites excluding steroid dienone is 3. The molecule has 0 saturated carbocycles. The first kappa shape index (κ1) is 12.2. The van der Waals surface area contributed by atoms with Crippen molar-refractivity contribution in [2.24, 2.45) is 0 Å². The smallest absolute Gasteiger partial charge is 0.253 e. The Bertz CT molecular complexity index is 405. The molecule has 1 aliphatic rings. The summed E-state index contributed by atoms with van der Waals surface area (Å²) in [5.41, 5.74) is 1.86. The fourth-order valence-corrected chi connectivity index (χ4v) is 1.54. The molecule has 4 nitrogen and oxygen atoms in total. The van der Waals surface area contributed by atoms with Gasteiger partial charge in [-0.2, -0.15) is 0 Å². The third-order valence-electron chi connectivity index (χ3n) is 2.32. The molecule has 0 aromatic heterocycles. The zero-order valence-corrected chi connectivity index (χ0v) is 9.83. The number of amides is 2. The lowest BCUT2D eigenvalue weighted by Gasteiger charge is -2.17. The molecule has 0 bridgehead atoms. The second-order valence-electron chi connectivity index (χ2n) is 3.71. The van der Waals surface area contributed by atoms with Crippen LogP contribution < -0.4 is 5.32 Å². The molecule has 0 radical (unpaired) electrons. The summed E-state index contributed by atoms with van der Waals surface area (Å²) in [6.45, 7) is 7.37. The zero-order valence-electron chi connectivity index (χ0n) is 9.83. The second-order valence-corrected chi connectivity index (χ2v) is 3.71. The molecule has 1 N–H and O–H groups in total. The monoisotopic (exact) mass is 220 g/mol. The van der Waals surface area contributed by atoms with E-state index in [-0.39, 0.29) is 18.4 Å². The van der Waals surface area contributed by atoms with Crippen molar-refractivity contribution < 1.29 is 9.59 Å². The number of hydrogen-bond donors (Lipinski definition) is 1. The maximum absolute atomic E-state index is 11.8. The van der Waals surface area contributed by atoms with Gasteiger partial charge in [-0.3, -0.25) is 9.59 Å². The van der Waals surface area contributed by atoms with Gasteiger partial charge in [0.2, 0.25) is 5.91 Å². The minimum atomic E-state index is -0.242. The second kappa shape index (κ2) is 4.79. The SMILES string of the molecule is C=C(C)/C=C1/C(=O)NCC(=O)N(C)/C1=C/C. The lowest BCUT2D eigenvalue weighted by molar-refractivity contribution is -0.128. The lowest BCUT2D eigenvalue weighted by Crippen LogP contribution is -2.31. The molecule has 0 aliphatic carbocycles. The number of rotatable bonds is 1. The Hall–Kier alpha value is -1.84. The van der Waals surface area contributed by atoms with Gasteiger partial charge in [0.1, 0.15) is 0 Å². The van der Waals surface area contributed by atoms with Crippen molar-refractivity contribution in [1.82, 2.24) is 10.2 Å². The molecule has 1 saturated heterocycles. The molecule has 1 aliphatic heterocycles. The largest absolute Gasteiger partial charge is 0.343 e. The molecule has 0 aromatic rings. The number of nitrogens with one attached hydrogen (secondary N) is 1. The fraction of sp³-hybridized carbons (Fsp3) is 0.333. The highest BCUT2D eigenvalue weighted by molar-refractivity contribution is 6.03. The highest BCUT2D eigenvalue weighted by Gasteiger charge is 2.25. The van der Waals surface area contributed by atoms with E-state index in [9.17, 15) is 9.59 Å². The molecular weight excluding hydrogens is 204 g/mol. The minimum absolute atomic E-state index is 0.0280. The van der Waals surface area contributed by atoms with Gasteiger partial charge in [-0.05, 0) is 19.9 Å². The third-order valence-corrected chi connectivity index (χ3v) is 2.32. The first-order valence-corrected chi connectivity index (χ1v) is 5.06. The van der Waals surface area contributed by atoms with Crippen LogP contribution >= 0.6 is 0 Å². The van der Waals surface area contributed by atoms with Crippen LogP contribution in [0.15, 0.2) is 35.6 Å². The van der Waals surface area contributed by atoms with Gasteiger partial charge in [0.15, 0.2) is 0 Å². The van der Waals surface area contributed by atoms with Crippen LogP contribution in [0.3, 0.4) is 0 Å². The molecule has 2 amide bonds. The number of likely N-dealkylation sites (N-methyl/N-ethyl adjacent to an activating group) is 1. The first-order valence-electron chi connectivity index (χ1n) is 5.06. The van der Waals surface area contributed by atoms with Gasteiger partial charge in [0, 0.05) is 7.05 Å². The summed E-state index contributed by atoms with van der Waals surface area (Å²) in [4.78, 5) is 24.8. The Morgan fingerprint density at radius 2 is 2.12 bits per heavy atom. The molecule has 1 rings (SSSR count). The van der Waals surface area contributed by atoms with Gasteiger partial charge >= 0.3 is 0 Å². The Kier molecular flexibility index (Phi) is 3.66. The predicted octanol–water partition coefficient (Wildman–Crippen LogP) is 0.981. The molecule has 86 valence electrons. The van der Waals surface area contributed by atoms with E-state index < -0.39 is 0 Å². The normalized spacial score (nSPS) is 22.3. The first-order chi connectivity index (χ1) is 7.47. The molecule has 1 fully saturated rings. The van der Waals surface area contributed by atoms with Crippen LogP contribution in [0.2, 0.25) is 0 Å². The van der Waals surface area contributed by atoms with Gasteiger partial charge in [-0.25, -0.2) is 0 Å². The van der Waals surface area contributed by atoms with Crippen molar-refractivity contribution in [2.45, 2.75) is 13.8 Å². The standard InChI is InChI=1S/C12H16N2O2/c1-5-10-9(6-8(2)3)12(16)13-7-11(15)14(10)4/h5-6H,2,7H2,1,3-4H3,(H,13,16)/b9-6+,10-5+. The van der Waals surface area contributed by atoms with Crippen molar-refractivity contribution >= 4 is 11.8 Å². The van der Waals surface area contributed by atoms with E-state index in [4.69, 9.17) is 0 Å². The number of nitrogens with zero attached hydrogens (tertiary/aromatic N) is 1. The molecule has 1 heterocycles. The maximum Gasteiger partial charge on any atom is 0.253 e. The van der Waals surface area contributed by atoms with Crippen molar-refractivity contribution in [3.63, 3.8) is 0 Å². The number of hydrogen-bond acceptors (Lipinski definition) is 2. The summed E-state index contributed by atoms with van der Waals surface area (Å²) in [5, 5.41) is 2.56. The van der Waals surface area contributed by atoms with Crippen molar-refractivity contribution in [2.75, 3.05) is 13.6 Å². The summed E-state index contributed by atoms with van der Waals surface area (Å²) in [6.07, 6.45) is 3.43. The van der Waals surface area contributed by atoms with E-state index >= 15 is 0 Å². The third kappa shape index (κ3) is 2.39. The molecule has 0 atom stereocenters. The molecule has 0 spiro atoms. The van der Waals surface area contributed by atoms with Crippen LogP contribution in [0.5, 0.6) is 0 Å². The van der Waals surface area contributed by atoms with Gasteiger partial charge < -0.3 is 10.2 Å². The zero-order chi connectivity index (χ0) is 12.3. The van der Waals surface area contributed by atoms with E-state index in [0.29, 0.717) is 11.3 Å². The molecule has 16 heavy (non-hydrogen) atoms. The van der Waals surface area contributed by atoms with Gasteiger partial charge in [0.05, 0.1) is 17.8 Å². The summed E-state index contributed by atoms with van der Waals surface area (Å²) in [6, 6.07) is 0. The van der Waals surface area contributed by atoms with Crippen LogP contribution in [0.25, 0.3) is 0 Å². The average Bonchev–Trinajstić information content (AvgIpc) is 2.31. The average molecular weight is 220 g/mol. The van der Waals surface area contributed by atoms with Crippen molar-refractivity contribution in [3.05, 3.63) is 35.6 Å². The summed E-state index contributed by atoms with van der Waals surface area (Å²) >= 11 is 0.